The first kappa shape index (κ1) is 22.1. The van der Waals surface area contributed by atoms with Gasteiger partial charge in [0.2, 0.25) is 0 Å². The lowest BCUT2D eigenvalue weighted by molar-refractivity contribution is 0.0752. The molecule has 0 spiro atoms. The lowest BCUT2D eigenvalue weighted by atomic mass is 9.75. The van der Waals surface area contributed by atoms with Crippen LogP contribution in [0.15, 0.2) is 72.8 Å². The molecule has 0 aliphatic heterocycles. The first-order valence-electron chi connectivity index (χ1n) is 11.4. The Balaban J connectivity index is 1.40. The van der Waals surface area contributed by atoms with Crippen LogP contribution in [-0.4, -0.2) is 32.6 Å². The maximum atomic E-state index is 11.2. The molecule has 3 aromatic rings. The van der Waals surface area contributed by atoms with Crippen LogP contribution in [0.3, 0.4) is 0 Å². The molecule has 34 heavy (non-hydrogen) atoms. The summed E-state index contributed by atoms with van der Waals surface area (Å²) in [7, 11) is 0. The number of aryl methyl sites for hydroxylation is 2. The van der Waals surface area contributed by atoms with Gasteiger partial charge in [-0.1, -0.05) is 30.4 Å². The first-order chi connectivity index (χ1) is 16.2. The van der Waals surface area contributed by atoms with Gasteiger partial charge >= 0.3 is 0 Å². The summed E-state index contributed by atoms with van der Waals surface area (Å²) in [4.78, 5) is 0. The van der Waals surface area contributed by atoms with E-state index in [1.807, 2.05) is 44.2 Å². The van der Waals surface area contributed by atoms with Crippen LogP contribution in [0.2, 0.25) is 0 Å². The van der Waals surface area contributed by atoms with E-state index in [-0.39, 0.29) is 23.9 Å². The van der Waals surface area contributed by atoms with Crippen LogP contribution >= 0.6 is 0 Å². The van der Waals surface area contributed by atoms with Crippen LogP contribution in [0, 0.1) is 6.92 Å². The summed E-state index contributed by atoms with van der Waals surface area (Å²) in [6.07, 6.45) is 8.64. The molecule has 3 aromatic carbocycles. The zero-order chi connectivity index (χ0) is 24.1. The number of ether oxygens (including phenoxy) is 1. The number of hydrogen-bond donors (Lipinski definition) is 4. The van der Waals surface area contributed by atoms with Crippen molar-refractivity contribution in [1.82, 2.24) is 0 Å². The third kappa shape index (κ3) is 3.82. The molecule has 174 valence electrons. The van der Waals surface area contributed by atoms with Crippen LogP contribution in [0.1, 0.15) is 29.2 Å². The first-order valence-corrected chi connectivity index (χ1v) is 11.4. The van der Waals surface area contributed by atoms with Crippen molar-refractivity contribution in [3.8, 4) is 34.1 Å². The number of fused-ring (bicyclic) bond motifs is 3. The fourth-order valence-corrected chi connectivity index (χ4v) is 4.99. The van der Waals surface area contributed by atoms with Gasteiger partial charge in [-0.05, 0) is 97.0 Å². The zero-order valence-electron chi connectivity index (χ0n) is 19.2. The van der Waals surface area contributed by atoms with Gasteiger partial charge in [-0.15, -0.1) is 0 Å². The summed E-state index contributed by atoms with van der Waals surface area (Å²) in [5.41, 5.74) is 4.12. The predicted octanol–water partition coefficient (Wildman–Crippen LogP) is 5.07. The molecular formula is C29H28O5. The molecule has 2 aliphatic rings. The van der Waals surface area contributed by atoms with E-state index >= 15 is 0 Å². The molecule has 0 radical (unpaired) electrons. The Hall–Kier alpha value is -3.70. The minimum atomic E-state index is -1.34. The van der Waals surface area contributed by atoms with Gasteiger partial charge in [0.25, 0.3) is 0 Å². The number of phenols is 3. The van der Waals surface area contributed by atoms with Crippen molar-refractivity contribution in [2.24, 2.45) is 0 Å². The highest BCUT2D eigenvalue weighted by atomic mass is 16.5. The topological polar surface area (TPSA) is 90.2 Å². The second kappa shape index (κ2) is 7.96. The Labute approximate surface area is 198 Å². The Bertz CT molecular complexity index is 1320. The van der Waals surface area contributed by atoms with Crippen molar-refractivity contribution in [3.63, 3.8) is 0 Å². The van der Waals surface area contributed by atoms with E-state index in [2.05, 4.69) is 0 Å². The van der Waals surface area contributed by atoms with Gasteiger partial charge in [0.1, 0.15) is 23.7 Å². The van der Waals surface area contributed by atoms with Gasteiger partial charge in [0.15, 0.2) is 11.5 Å². The highest BCUT2D eigenvalue weighted by molar-refractivity contribution is 5.77. The Morgan fingerprint density at radius 2 is 1.50 bits per heavy atom. The number of rotatable bonds is 4. The lowest BCUT2D eigenvalue weighted by Gasteiger charge is -2.33. The summed E-state index contributed by atoms with van der Waals surface area (Å²) in [5, 5.41) is 41.5. The highest BCUT2D eigenvalue weighted by Gasteiger charge is 2.33. The van der Waals surface area contributed by atoms with Crippen molar-refractivity contribution in [2.75, 3.05) is 6.61 Å². The Morgan fingerprint density at radius 1 is 0.824 bits per heavy atom. The smallest absolute Gasteiger partial charge is 0.164 e. The maximum absolute atomic E-state index is 11.2. The summed E-state index contributed by atoms with van der Waals surface area (Å²) in [6, 6.07) is 14.1. The van der Waals surface area contributed by atoms with Gasteiger partial charge in [0, 0.05) is 11.0 Å². The summed E-state index contributed by atoms with van der Waals surface area (Å²) in [5.74, 6) is 0.856. The second-order valence-electron chi connectivity index (χ2n) is 9.51. The van der Waals surface area contributed by atoms with Gasteiger partial charge in [0.05, 0.1) is 0 Å². The summed E-state index contributed by atoms with van der Waals surface area (Å²) >= 11 is 0. The lowest BCUT2D eigenvalue weighted by Crippen LogP contribution is -2.36. The number of hydrogen-bond acceptors (Lipinski definition) is 5. The zero-order valence-corrected chi connectivity index (χ0v) is 19.2. The largest absolute Gasteiger partial charge is 0.508 e. The fraction of sp³-hybridized carbons (Fsp3) is 0.241. The van der Waals surface area contributed by atoms with Gasteiger partial charge in [-0.25, -0.2) is 0 Å². The van der Waals surface area contributed by atoms with E-state index in [0.717, 1.165) is 39.8 Å². The standard InChI is InChI=1S/C29H28O5/c1-18-3-5-21(31)16-25(18)28(2)11-13-29(33,14-12-28)17-34-27-24-7-4-19-15-20(30)6-8-22(19)23(24)9-10-26(27)32/h3,5-6,8-16,30-33H,4,7,17H2,1-2H3. The molecule has 0 heterocycles. The summed E-state index contributed by atoms with van der Waals surface area (Å²) in [6.45, 7) is 3.96. The number of aliphatic hydroxyl groups is 1. The number of phenolic OH excluding ortho intramolecular Hbond substituents is 3. The SMILES string of the molecule is Cc1ccc(O)cc1C1(C)C=CC(O)(COc2c(O)ccc3c2CCc2cc(O)ccc2-3)C=C1. The average Bonchev–Trinajstić information content (AvgIpc) is 2.82. The number of benzene rings is 3. The predicted molar refractivity (Wildman–Crippen MR) is 132 cm³/mol. The molecular weight excluding hydrogens is 428 g/mol. The maximum Gasteiger partial charge on any atom is 0.164 e. The van der Waals surface area contributed by atoms with Crippen LogP contribution in [0.4, 0.5) is 0 Å². The molecule has 0 bridgehead atoms. The van der Waals surface area contributed by atoms with Crippen LogP contribution < -0.4 is 4.74 Å². The molecule has 0 amide bonds. The van der Waals surface area contributed by atoms with E-state index in [0.29, 0.717) is 12.2 Å². The van der Waals surface area contributed by atoms with E-state index in [4.69, 9.17) is 4.74 Å². The normalized spacial score (nSPS) is 22.8. The van der Waals surface area contributed by atoms with E-state index in [1.165, 1.54) is 0 Å². The van der Waals surface area contributed by atoms with Crippen molar-refractivity contribution in [3.05, 3.63) is 95.1 Å². The third-order valence-electron chi connectivity index (χ3n) is 6.95. The number of allylic oxidation sites excluding steroid dienone is 2. The van der Waals surface area contributed by atoms with E-state index < -0.39 is 11.0 Å². The second-order valence-corrected chi connectivity index (χ2v) is 9.51. The van der Waals surface area contributed by atoms with E-state index in [9.17, 15) is 20.4 Å². The minimum Gasteiger partial charge on any atom is -0.508 e. The molecule has 0 saturated carbocycles. The molecule has 0 fully saturated rings. The minimum absolute atomic E-state index is 0.0357. The monoisotopic (exact) mass is 456 g/mol. The summed E-state index contributed by atoms with van der Waals surface area (Å²) < 4.78 is 6.04. The molecule has 5 nitrogen and oxygen atoms in total. The third-order valence-corrected chi connectivity index (χ3v) is 6.95. The highest BCUT2D eigenvalue weighted by Crippen LogP contribution is 2.44. The van der Waals surface area contributed by atoms with Gasteiger partial charge in [-0.3, -0.25) is 0 Å². The molecule has 4 N–H and O–H groups in total. The van der Waals surface area contributed by atoms with Crippen molar-refractivity contribution in [2.45, 2.75) is 37.7 Å². The van der Waals surface area contributed by atoms with Gasteiger partial charge in [-0.2, -0.15) is 0 Å². The molecule has 2 aliphatic carbocycles. The number of aromatic hydroxyl groups is 3. The molecule has 0 atom stereocenters. The van der Waals surface area contributed by atoms with Crippen molar-refractivity contribution in [1.29, 1.82) is 0 Å². The molecule has 5 rings (SSSR count). The Kier molecular flexibility index (Phi) is 5.18. The van der Waals surface area contributed by atoms with Crippen molar-refractivity contribution < 1.29 is 25.2 Å². The fourth-order valence-electron chi connectivity index (χ4n) is 4.99. The molecule has 0 unspecified atom stereocenters. The van der Waals surface area contributed by atoms with Crippen molar-refractivity contribution >= 4 is 0 Å². The van der Waals surface area contributed by atoms with Gasteiger partial charge < -0.3 is 25.2 Å². The van der Waals surface area contributed by atoms with Crippen LogP contribution in [0.5, 0.6) is 23.0 Å². The van der Waals surface area contributed by atoms with Crippen LogP contribution in [0.25, 0.3) is 11.1 Å². The molecule has 5 heteroatoms. The van der Waals surface area contributed by atoms with Crippen LogP contribution in [-0.2, 0) is 18.3 Å². The average molecular weight is 457 g/mol. The molecule has 0 aromatic heterocycles. The molecule has 0 saturated heterocycles. The Morgan fingerprint density at radius 3 is 2.26 bits per heavy atom. The quantitative estimate of drug-likeness (QED) is 0.412. The van der Waals surface area contributed by atoms with E-state index in [1.54, 1.807) is 42.5 Å².